The Bertz CT molecular complexity index is 230. The van der Waals surface area contributed by atoms with Crippen molar-refractivity contribution in [2.24, 2.45) is 29.5 Å². The van der Waals surface area contributed by atoms with E-state index < -0.39 is 0 Å². The van der Waals surface area contributed by atoms with E-state index in [4.69, 9.17) is 10.6 Å². The lowest BCUT2D eigenvalue weighted by Crippen LogP contribution is -2.40. The van der Waals surface area contributed by atoms with Gasteiger partial charge in [0.05, 0.1) is 0 Å². The second-order valence-electron chi connectivity index (χ2n) is 5.90. The molecule has 0 aromatic carbocycles. The summed E-state index contributed by atoms with van der Waals surface area (Å²) >= 11 is 0. The van der Waals surface area contributed by atoms with Crippen LogP contribution >= 0.6 is 0 Å². The first-order valence-electron chi connectivity index (χ1n) is 6.94. The number of nitrogens with one attached hydrogen (secondary N) is 1. The van der Waals surface area contributed by atoms with Gasteiger partial charge in [-0.15, -0.1) is 0 Å². The molecule has 1 saturated heterocycles. The number of hydrogen-bond donors (Lipinski definition) is 2. The van der Waals surface area contributed by atoms with Gasteiger partial charge in [0.15, 0.2) is 0 Å². The van der Waals surface area contributed by atoms with Crippen LogP contribution in [0.25, 0.3) is 0 Å². The predicted molar refractivity (Wildman–Crippen MR) is 63.6 cm³/mol. The van der Waals surface area contributed by atoms with Crippen LogP contribution in [0.2, 0.25) is 0 Å². The van der Waals surface area contributed by atoms with Crippen molar-refractivity contribution in [3.8, 4) is 0 Å². The number of hydrogen-bond acceptors (Lipinski definition) is 3. The summed E-state index contributed by atoms with van der Waals surface area (Å²) in [7, 11) is 0. The normalized spacial score (nSPS) is 40.7. The first-order valence-corrected chi connectivity index (χ1v) is 6.94. The monoisotopic (exact) mass is 224 g/mol. The van der Waals surface area contributed by atoms with Gasteiger partial charge in [-0.2, -0.15) is 0 Å². The summed E-state index contributed by atoms with van der Waals surface area (Å²) in [5.41, 5.74) is 3.10. The predicted octanol–water partition coefficient (Wildman–Crippen LogP) is 1.68. The van der Waals surface area contributed by atoms with Crippen molar-refractivity contribution in [2.75, 3.05) is 13.2 Å². The van der Waals surface area contributed by atoms with E-state index in [0.29, 0.717) is 6.04 Å². The van der Waals surface area contributed by atoms with Crippen molar-refractivity contribution < 1.29 is 4.74 Å². The van der Waals surface area contributed by atoms with Crippen LogP contribution in [0, 0.1) is 23.7 Å². The zero-order valence-corrected chi connectivity index (χ0v) is 10.0. The average molecular weight is 224 g/mol. The standard InChI is InChI=1S/C13H24N2O/c14-15-12(8-9-4-6-16-7-5-9)13-10-2-1-3-11(10)13/h9-13,15H,1-8,14H2. The number of ether oxygens (including phenoxy) is 1. The van der Waals surface area contributed by atoms with Gasteiger partial charge < -0.3 is 4.74 Å². The molecule has 3 N–H and O–H groups in total. The van der Waals surface area contributed by atoms with Crippen LogP contribution < -0.4 is 11.3 Å². The second-order valence-corrected chi connectivity index (χ2v) is 5.90. The van der Waals surface area contributed by atoms with E-state index >= 15 is 0 Å². The molecule has 3 rings (SSSR count). The van der Waals surface area contributed by atoms with Crippen LogP contribution in [0.5, 0.6) is 0 Å². The van der Waals surface area contributed by atoms with Crippen LogP contribution in [0.3, 0.4) is 0 Å². The fourth-order valence-electron chi connectivity index (χ4n) is 4.15. The molecule has 0 bridgehead atoms. The van der Waals surface area contributed by atoms with Crippen LogP contribution in [0.4, 0.5) is 0 Å². The van der Waals surface area contributed by atoms with Crippen molar-refractivity contribution in [3.05, 3.63) is 0 Å². The van der Waals surface area contributed by atoms with Crippen molar-refractivity contribution in [1.82, 2.24) is 5.43 Å². The van der Waals surface area contributed by atoms with E-state index in [1.54, 1.807) is 0 Å². The molecule has 3 nitrogen and oxygen atoms in total. The highest BCUT2D eigenvalue weighted by molar-refractivity contribution is 5.06. The lowest BCUT2D eigenvalue weighted by Gasteiger charge is -2.27. The number of rotatable bonds is 4. The van der Waals surface area contributed by atoms with E-state index in [9.17, 15) is 0 Å². The Morgan fingerprint density at radius 3 is 2.44 bits per heavy atom. The van der Waals surface area contributed by atoms with Gasteiger partial charge in [0.25, 0.3) is 0 Å². The molecule has 2 aliphatic carbocycles. The number of fused-ring (bicyclic) bond motifs is 1. The SMILES string of the molecule is NNC(CC1CCOCC1)C1C2CCCC21. The molecule has 3 unspecified atom stereocenters. The molecular formula is C13H24N2O. The minimum atomic E-state index is 0.582. The lowest BCUT2D eigenvalue weighted by molar-refractivity contribution is 0.0591. The molecular weight excluding hydrogens is 200 g/mol. The maximum atomic E-state index is 5.75. The van der Waals surface area contributed by atoms with Crippen LogP contribution in [0.1, 0.15) is 38.5 Å². The van der Waals surface area contributed by atoms with Gasteiger partial charge in [-0.1, -0.05) is 6.42 Å². The molecule has 3 fully saturated rings. The smallest absolute Gasteiger partial charge is 0.0468 e. The van der Waals surface area contributed by atoms with Crippen LogP contribution in [0.15, 0.2) is 0 Å². The van der Waals surface area contributed by atoms with E-state index in [-0.39, 0.29) is 0 Å². The van der Waals surface area contributed by atoms with E-state index in [0.717, 1.165) is 36.9 Å². The zero-order chi connectivity index (χ0) is 11.0. The molecule has 1 heterocycles. The van der Waals surface area contributed by atoms with Gasteiger partial charge >= 0.3 is 0 Å². The third-order valence-corrected chi connectivity index (χ3v) is 5.08. The second kappa shape index (κ2) is 4.63. The molecule has 3 heteroatoms. The Balaban J connectivity index is 1.51. The third-order valence-electron chi connectivity index (χ3n) is 5.08. The van der Waals surface area contributed by atoms with Crippen molar-refractivity contribution in [2.45, 2.75) is 44.6 Å². The van der Waals surface area contributed by atoms with Crippen molar-refractivity contribution >= 4 is 0 Å². The largest absolute Gasteiger partial charge is 0.381 e. The van der Waals surface area contributed by atoms with Crippen molar-refractivity contribution in [1.29, 1.82) is 0 Å². The molecule has 16 heavy (non-hydrogen) atoms. The molecule has 2 saturated carbocycles. The van der Waals surface area contributed by atoms with Gasteiger partial charge in [0.1, 0.15) is 0 Å². The minimum absolute atomic E-state index is 0.582. The van der Waals surface area contributed by atoms with Gasteiger partial charge in [0, 0.05) is 19.3 Å². The summed E-state index contributed by atoms with van der Waals surface area (Å²) in [4.78, 5) is 0. The Morgan fingerprint density at radius 1 is 1.12 bits per heavy atom. The minimum Gasteiger partial charge on any atom is -0.381 e. The number of hydrazine groups is 1. The molecule has 0 spiro atoms. The van der Waals surface area contributed by atoms with Crippen LogP contribution in [-0.4, -0.2) is 19.3 Å². The Morgan fingerprint density at radius 2 is 1.81 bits per heavy atom. The Kier molecular flexibility index (Phi) is 3.18. The highest BCUT2D eigenvalue weighted by atomic mass is 16.5. The molecule has 0 amide bonds. The highest BCUT2D eigenvalue weighted by Gasteiger charge is 2.55. The number of nitrogens with two attached hydrogens (primary N) is 1. The van der Waals surface area contributed by atoms with E-state index in [1.165, 1.54) is 38.5 Å². The molecule has 92 valence electrons. The highest BCUT2D eigenvalue weighted by Crippen LogP contribution is 2.59. The quantitative estimate of drug-likeness (QED) is 0.564. The Labute approximate surface area is 98.1 Å². The molecule has 0 aromatic rings. The van der Waals surface area contributed by atoms with Gasteiger partial charge in [-0.05, 0) is 55.8 Å². The fourth-order valence-corrected chi connectivity index (χ4v) is 4.15. The van der Waals surface area contributed by atoms with Crippen LogP contribution in [-0.2, 0) is 4.74 Å². The third kappa shape index (κ3) is 2.01. The Hall–Kier alpha value is -0.120. The average Bonchev–Trinajstić information content (AvgIpc) is 2.81. The van der Waals surface area contributed by atoms with Crippen molar-refractivity contribution in [3.63, 3.8) is 0 Å². The first-order chi connectivity index (χ1) is 7.90. The zero-order valence-electron chi connectivity index (χ0n) is 10.0. The summed E-state index contributed by atoms with van der Waals surface area (Å²) in [6.07, 6.45) is 8.13. The summed E-state index contributed by atoms with van der Waals surface area (Å²) in [5.74, 6) is 9.53. The van der Waals surface area contributed by atoms with Gasteiger partial charge in [0.2, 0.25) is 0 Å². The van der Waals surface area contributed by atoms with E-state index in [1.807, 2.05) is 0 Å². The maximum absolute atomic E-state index is 5.75. The molecule has 0 radical (unpaired) electrons. The van der Waals surface area contributed by atoms with E-state index in [2.05, 4.69) is 5.43 Å². The lowest BCUT2D eigenvalue weighted by atomic mass is 9.89. The van der Waals surface area contributed by atoms with Gasteiger partial charge in [-0.25, -0.2) is 0 Å². The topological polar surface area (TPSA) is 47.3 Å². The summed E-state index contributed by atoms with van der Waals surface area (Å²) in [6, 6.07) is 0.582. The fraction of sp³-hybridized carbons (Fsp3) is 1.00. The molecule has 1 aliphatic heterocycles. The summed E-state index contributed by atoms with van der Waals surface area (Å²) in [6.45, 7) is 1.92. The van der Waals surface area contributed by atoms with Gasteiger partial charge in [-0.3, -0.25) is 11.3 Å². The summed E-state index contributed by atoms with van der Waals surface area (Å²) in [5, 5.41) is 0. The maximum Gasteiger partial charge on any atom is 0.0468 e. The molecule has 0 aromatic heterocycles. The molecule has 3 aliphatic rings. The summed E-state index contributed by atoms with van der Waals surface area (Å²) < 4.78 is 5.41. The first kappa shape index (κ1) is 11.0. The molecule has 3 atom stereocenters.